The Morgan fingerprint density at radius 3 is 2.40 bits per heavy atom. The summed E-state index contributed by atoms with van der Waals surface area (Å²) in [4.78, 5) is 0. The number of hydrogen-bond acceptors (Lipinski definition) is 2. The fourth-order valence-corrected chi connectivity index (χ4v) is 5.31. The summed E-state index contributed by atoms with van der Waals surface area (Å²) in [7, 11) is 0. The molecule has 1 aromatic carbocycles. The highest BCUT2D eigenvalue weighted by Gasteiger charge is 2.47. The van der Waals surface area contributed by atoms with Crippen LogP contribution >= 0.6 is 0 Å². The van der Waals surface area contributed by atoms with Crippen LogP contribution in [0.1, 0.15) is 37.7 Å². The van der Waals surface area contributed by atoms with E-state index in [4.69, 9.17) is 5.26 Å². The van der Waals surface area contributed by atoms with Gasteiger partial charge in [-0.25, -0.2) is 0 Å². The van der Waals surface area contributed by atoms with Crippen LogP contribution in [0.4, 0.5) is 5.69 Å². The third-order valence-electron chi connectivity index (χ3n) is 5.96. The molecule has 20 heavy (non-hydrogen) atoms. The fourth-order valence-electron chi connectivity index (χ4n) is 5.31. The van der Waals surface area contributed by atoms with Crippen molar-refractivity contribution in [2.45, 2.75) is 32.1 Å². The maximum Gasteiger partial charge on any atom is 0.0992 e. The highest BCUT2D eigenvalue weighted by Crippen LogP contribution is 2.56. The van der Waals surface area contributed by atoms with Gasteiger partial charge in [0.25, 0.3) is 0 Å². The lowest BCUT2D eigenvalue weighted by atomic mass is 9.52. The minimum atomic E-state index is 0.750. The summed E-state index contributed by atoms with van der Waals surface area (Å²) < 4.78 is 0. The molecule has 4 aliphatic rings. The van der Waals surface area contributed by atoms with E-state index in [0.717, 1.165) is 47.4 Å². The van der Waals surface area contributed by atoms with Crippen molar-refractivity contribution in [3.8, 4) is 6.07 Å². The van der Waals surface area contributed by atoms with Crippen LogP contribution in [0.5, 0.6) is 0 Å². The number of nitrogens with one attached hydrogen (secondary N) is 1. The molecular formula is C18H22N2. The summed E-state index contributed by atoms with van der Waals surface area (Å²) in [5.41, 5.74) is 1.86. The Morgan fingerprint density at radius 1 is 1.05 bits per heavy atom. The van der Waals surface area contributed by atoms with E-state index in [1.54, 1.807) is 0 Å². The lowest BCUT2D eigenvalue weighted by Gasteiger charge is -2.54. The molecule has 0 heterocycles. The molecule has 4 aliphatic carbocycles. The van der Waals surface area contributed by atoms with E-state index in [1.165, 1.54) is 32.1 Å². The van der Waals surface area contributed by atoms with Crippen molar-refractivity contribution in [2.24, 2.45) is 29.6 Å². The molecule has 0 radical (unpaired) electrons. The molecule has 0 saturated heterocycles. The van der Waals surface area contributed by atoms with Gasteiger partial charge in [-0.2, -0.15) is 5.26 Å². The van der Waals surface area contributed by atoms with Gasteiger partial charge in [0.2, 0.25) is 0 Å². The van der Waals surface area contributed by atoms with Crippen molar-refractivity contribution in [2.75, 3.05) is 11.9 Å². The van der Waals surface area contributed by atoms with E-state index >= 15 is 0 Å². The lowest BCUT2D eigenvalue weighted by Crippen LogP contribution is -2.47. The Morgan fingerprint density at radius 2 is 1.75 bits per heavy atom. The SMILES string of the molecule is N#Cc1cccc(NCC2C3CC4CC(C3)CC2C4)c1. The van der Waals surface area contributed by atoms with Crippen LogP contribution < -0.4 is 5.32 Å². The maximum absolute atomic E-state index is 8.97. The predicted octanol–water partition coefficient (Wildman–Crippen LogP) is 4.04. The molecule has 0 unspecified atom stereocenters. The van der Waals surface area contributed by atoms with Gasteiger partial charge in [0.05, 0.1) is 11.6 Å². The van der Waals surface area contributed by atoms with Gasteiger partial charge >= 0.3 is 0 Å². The van der Waals surface area contributed by atoms with Crippen molar-refractivity contribution in [1.29, 1.82) is 5.26 Å². The molecule has 4 bridgehead atoms. The third-order valence-corrected chi connectivity index (χ3v) is 5.96. The molecule has 2 nitrogen and oxygen atoms in total. The second-order valence-electron chi connectivity index (χ2n) is 7.17. The molecule has 4 fully saturated rings. The minimum absolute atomic E-state index is 0.750. The average Bonchev–Trinajstić information content (AvgIpc) is 2.46. The van der Waals surface area contributed by atoms with Crippen molar-refractivity contribution in [3.05, 3.63) is 29.8 Å². The highest BCUT2D eigenvalue weighted by atomic mass is 14.9. The first-order valence-corrected chi connectivity index (χ1v) is 8.06. The second-order valence-corrected chi connectivity index (χ2v) is 7.17. The van der Waals surface area contributed by atoms with Gasteiger partial charge in [0, 0.05) is 12.2 Å². The number of hydrogen-bond donors (Lipinski definition) is 1. The highest BCUT2D eigenvalue weighted by molar-refractivity contribution is 5.49. The number of anilines is 1. The molecule has 0 atom stereocenters. The second kappa shape index (κ2) is 4.81. The summed E-state index contributed by atoms with van der Waals surface area (Å²) >= 11 is 0. The Hall–Kier alpha value is -1.49. The Labute approximate surface area is 121 Å². The Bertz CT molecular complexity index is 515. The van der Waals surface area contributed by atoms with E-state index in [9.17, 15) is 0 Å². The van der Waals surface area contributed by atoms with Crippen LogP contribution in [0.25, 0.3) is 0 Å². The number of rotatable bonds is 3. The van der Waals surface area contributed by atoms with Crippen LogP contribution in [0.15, 0.2) is 24.3 Å². The normalized spacial score (nSPS) is 37.6. The summed E-state index contributed by atoms with van der Waals surface area (Å²) in [6.07, 6.45) is 7.46. The van der Waals surface area contributed by atoms with Crippen molar-refractivity contribution in [1.82, 2.24) is 0 Å². The monoisotopic (exact) mass is 266 g/mol. The molecule has 0 amide bonds. The number of benzene rings is 1. The molecule has 1 N–H and O–H groups in total. The molecular weight excluding hydrogens is 244 g/mol. The largest absolute Gasteiger partial charge is 0.385 e. The maximum atomic E-state index is 8.97. The minimum Gasteiger partial charge on any atom is -0.385 e. The summed E-state index contributed by atoms with van der Waals surface area (Å²) in [5, 5.41) is 12.6. The predicted molar refractivity (Wildman–Crippen MR) is 80.2 cm³/mol. The molecule has 4 saturated carbocycles. The fraction of sp³-hybridized carbons (Fsp3) is 0.611. The van der Waals surface area contributed by atoms with Gasteiger partial charge in [-0.1, -0.05) is 6.07 Å². The smallest absolute Gasteiger partial charge is 0.0992 e. The van der Waals surface area contributed by atoms with Crippen LogP contribution in [-0.4, -0.2) is 6.54 Å². The van der Waals surface area contributed by atoms with E-state index in [-0.39, 0.29) is 0 Å². The molecule has 0 aromatic heterocycles. The Kier molecular flexibility index (Phi) is 2.95. The third kappa shape index (κ3) is 2.10. The van der Waals surface area contributed by atoms with Gasteiger partial charge in [-0.05, 0) is 79.9 Å². The number of nitrogens with zero attached hydrogens (tertiary/aromatic N) is 1. The zero-order chi connectivity index (χ0) is 13.5. The summed E-state index contributed by atoms with van der Waals surface area (Å²) in [5.74, 6) is 4.91. The van der Waals surface area contributed by atoms with E-state index < -0.39 is 0 Å². The number of nitriles is 1. The first kappa shape index (κ1) is 12.3. The standard InChI is InChI=1S/C18H22N2/c19-10-12-2-1-3-17(9-12)20-11-18-15-5-13-4-14(7-15)8-16(18)6-13/h1-3,9,13-16,18,20H,4-8,11H2. The van der Waals surface area contributed by atoms with E-state index in [2.05, 4.69) is 17.5 Å². The van der Waals surface area contributed by atoms with Gasteiger partial charge in [0.1, 0.15) is 0 Å². The van der Waals surface area contributed by atoms with Crippen molar-refractivity contribution in [3.63, 3.8) is 0 Å². The molecule has 0 aliphatic heterocycles. The average molecular weight is 266 g/mol. The van der Waals surface area contributed by atoms with Crippen LogP contribution in [-0.2, 0) is 0 Å². The van der Waals surface area contributed by atoms with Crippen LogP contribution in [0.2, 0.25) is 0 Å². The molecule has 5 rings (SSSR count). The molecule has 104 valence electrons. The first-order chi connectivity index (χ1) is 9.81. The lowest BCUT2D eigenvalue weighted by molar-refractivity contribution is -0.0305. The van der Waals surface area contributed by atoms with Gasteiger partial charge < -0.3 is 5.32 Å². The van der Waals surface area contributed by atoms with Crippen molar-refractivity contribution < 1.29 is 0 Å². The van der Waals surface area contributed by atoms with Crippen LogP contribution in [0, 0.1) is 40.9 Å². The topological polar surface area (TPSA) is 35.8 Å². The van der Waals surface area contributed by atoms with E-state index in [1.807, 2.05) is 18.2 Å². The first-order valence-electron chi connectivity index (χ1n) is 8.06. The van der Waals surface area contributed by atoms with Gasteiger partial charge in [-0.15, -0.1) is 0 Å². The van der Waals surface area contributed by atoms with Crippen LogP contribution in [0.3, 0.4) is 0 Å². The van der Waals surface area contributed by atoms with E-state index in [0.29, 0.717) is 0 Å². The quantitative estimate of drug-likeness (QED) is 0.896. The van der Waals surface area contributed by atoms with Crippen molar-refractivity contribution >= 4 is 5.69 Å². The zero-order valence-corrected chi connectivity index (χ0v) is 11.9. The summed E-state index contributed by atoms with van der Waals surface area (Å²) in [6.45, 7) is 1.10. The zero-order valence-electron chi connectivity index (χ0n) is 11.9. The summed E-state index contributed by atoms with van der Waals surface area (Å²) in [6, 6.07) is 10.1. The molecule has 1 aromatic rings. The molecule has 0 spiro atoms. The van der Waals surface area contributed by atoms with Gasteiger partial charge in [0.15, 0.2) is 0 Å². The molecule has 2 heteroatoms. The van der Waals surface area contributed by atoms with Gasteiger partial charge in [-0.3, -0.25) is 0 Å². The Balaban J connectivity index is 1.43.